The van der Waals surface area contributed by atoms with E-state index in [2.05, 4.69) is 0 Å². The summed E-state index contributed by atoms with van der Waals surface area (Å²) < 4.78 is 5.36. The van der Waals surface area contributed by atoms with Crippen LogP contribution in [0.15, 0.2) is 22.6 Å². The molecule has 0 saturated heterocycles. The second kappa shape index (κ2) is 3.01. The fraction of sp³-hybridized carbons (Fsp3) is 0.182. The highest BCUT2D eigenvalue weighted by atomic mass is 16.3. The van der Waals surface area contributed by atoms with Gasteiger partial charge in [0.1, 0.15) is 13.4 Å². The van der Waals surface area contributed by atoms with Crippen LogP contribution >= 0.6 is 0 Å². The lowest BCUT2D eigenvalue weighted by Gasteiger charge is -1.98. The average molecular weight is 184 g/mol. The molecule has 68 valence electrons. The average Bonchev–Trinajstić information content (AvgIpc) is 2.56. The van der Waals surface area contributed by atoms with Gasteiger partial charge in [0, 0.05) is 12.3 Å². The molecule has 2 aromatic rings. The van der Waals surface area contributed by atoms with Gasteiger partial charge in [-0.2, -0.15) is 0 Å². The largest absolute Gasteiger partial charge is 0.453 e. The smallest absolute Gasteiger partial charge is 0.194 e. The maximum Gasteiger partial charge on any atom is 0.194 e. The number of carbonyl (C=O) groups is 1. The number of ketones is 1. The summed E-state index contributed by atoms with van der Waals surface area (Å²) in [5.41, 5.74) is 2.38. The Balaban J connectivity index is 2.77. The summed E-state index contributed by atoms with van der Waals surface area (Å²) in [6, 6.07) is 5.30. The third-order valence-corrected chi connectivity index (χ3v) is 2.36. The number of aryl methyl sites for hydroxylation is 1. The maximum absolute atomic E-state index is 11.1. The van der Waals surface area contributed by atoms with Crippen LogP contribution < -0.4 is 5.46 Å². The van der Waals surface area contributed by atoms with Crippen molar-refractivity contribution >= 4 is 30.1 Å². The van der Waals surface area contributed by atoms with E-state index in [0.29, 0.717) is 16.8 Å². The van der Waals surface area contributed by atoms with Crippen LogP contribution in [-0.4, -0.2) is 13.6 Å². The van der Waals surface area contributed by atoms with E-state index >= 15 is 0 Å². The molecule has 0 bridgehead atoms. The molecule has 14 heavy (non-hydrogen) atoms. The van der Waals surface area contributed by atoms with E-state index in [9.17, 15) is 4.79 Å². The lowest BCUT2D eigenvalue weighted by atomic mass is 9.89. The highest BCUT2D eigenvalue weighted by molar-refractivity contribution is 6.34. The Labute approximate surface area is 83.3 Å². The molecule has 2 nitrogen and oxygen atoms in total. The van der Waals surface area contributed by atoms with Crippen LogP contribution in [0.4, 0.5) is 0 Å². The number of carbonyl (C=O) groups excluding carboxylic acids is 1. The SMILES string of the molecule is [B]c1ccc2oc(C(C)=O)cc2c1C. The maximum atomic E-state index is 11.1. The van der Waals surface area contributed by atoms with E-state index in [1.165, 1.54) is 6.92 Å². The van der Waals surface area contributed by atoms with Crippen molar-refractivity contribution in [1.29, 1.82) is 0 Å². The molecule has 1 aromatic carbocycles. The van der Waals surface area contributed by atoms with E-state index in [4.69, 9.17) is 12.3 Å². The molecule has 0 aliphatic heterocycles. The van der Waals surface area contributed by atoms with Gasteiger partial charge in [0.25, 0.3) is 0 Å². The van der Waals surface area contributed by atoms with Crippen molar-refractivity contribution in [2.45, 2.75) is 13.8 Å². The third kappa shape index (κ3) is 1.25. The molecule has 0 fully saturated rings. The van der Waals surface area contributed by atoms with Crippen molar-refractivity contribution in [3.8, 4) is 0 Å². The molecule has 0 aliphatic carbocycles. The predicted molar refractivity (Wildman–Crippen MR) is 56.3 cm³/mol. The van der Waals surface area contributed by atoms with Gasteiger partial charge in [0.2, 0.25) is 0 Å². The van der Waals surface area contributed by atoms with Crippen molar-refractivity contribution in [1.82, 2.24) is 0 Å². The predicted octanol–water partition coefficient (Wildman–Crippen LogP) is 1.74. The van der Waals surface area contributed by atoms with Gasteiger partial charge in [0.15, 0.2) is 11.5 Å². The van der Waals surface area contributed by atoms with Crippen molar-refractivity contribution < 1.29 is 9.21 Å². The Morgan fingerprint density at radius 1 is 1.43 bits per heavy atom. The summed E-state index contributed by atoms with van der Waals surface area (Å²) in [5, 5.41) is 0.912. The Morgan fingerprint density at radius 2 is 2.14 bits per heavy atom. The van der Waals surface area contributed by atoms with Gasteiger partial charge >= 0.3 is 0 Å². The molecule has 0 N–H and O–H groups in total. The van der Waals surface area contributed by atoms with E-state index in [1.54, 1.807) is 18.2 Å². The topological polar surface area (TPSA) is 30.2 Å². The standard InChI is InChI=1S/C11H9BO2/c1-6-8-5-11(7(2)13)14-10(8)4-3-9(6)12/h3-5H,1-2H3. The number of Topliss-reactive ketones (excluding diaryl/α,β-unsaturated/α-hetero) is 1. The fourth-order valence-electron chi connectivity index (χ4n) is 1.44. The van der Waals surface area contributed by atoms with E-state index < -0.39 is 0 Å². The minimum Gasteiger partial charge on any atom is -0.453 e. The summed E-state index contributed by atoms with van der Waals surface area (Å²) >= 11 is 0. The van der Waals surface area contributed by atoms with Gasteiger partial charge in [-0.25, -0.2) is 0 Å². The van der Waals surface area contributed by atoms with E-state index in [1.807, 2.05) is 6.92 Å². The number of benzene rings is 1. The molecule has 1 aromatic heterocycles. The van der Waals surface area contributed by atoms with Crippen LogP contribution in [0.2, 0.25) is 0 Å². The van der Waals surface area contributed by atoms with Crippen molar-refractivity contribution in [3.05, 3.63) is 29.5 Å². The highest BCUT2D eigenvalue weighted by Gasteiger charge is 2.09. The van der Waals surface area contributed by atoms with Crippen LogP contribution in [-0.2, 0) is 0 Å². The Hall–Kier alpha value is -1.51. The second-order valence-electron chi connectivity index (χ2n) is 3.36. The van der Waals surface area contributed by atoms with Gasteiger partial charge in [-0.1, -0.05) is 11.5 Å². The molecule has 0 spiro atoms. The minimum atomic E-state index is -0.0702. The molecule has 2 radical (unpaired) electrons. The van der Waals surface area contributed by atoms with Crippen LogP contribution in [0.3, 0.4) is 0 Å². The van der Waals surface area contributed by atoms with Gasteiger partial charge in [-0.15, -0.1) is 0 Å². The van der Waals surface area contributed by atoms with E-state index in [-0.39, 0.29) is 5.78 Å². The van der Waals surface area contributed by atoms with Gasteiger partial charge in [0.05, 0.1) is 0 Å². The summed E-state index contributed by atoms with van der Waals surface area (Å²) in [5.74, 6) is 0.313. The van der Waals surface area contributed by atoms with Gasteiger partial charge in [-0.3, -0.25) is 4.79 Å². The molecular formula is C11H9BO2. The molecule has 0 amide bonds. The molecular weight excluding hydrogens is 175 g/mol. The Bertz CT molecular complexity index is 511. The zero-order chi connectivity index (χ0) is 10.3. The zero-order valence-electron chi connectivity index (χ0n) is 8.13. The highest BCUT2D eigenvalue weighted by Crippen LogP contribution is 2.21. The van der Waals surface area contributed by atoms with Gasteiger partial charge < -0.3 is 4.42 Å². The van der Waals surface area contributed by atoms with Crippen LogP contribution in [0.5, 0.6) is 0 Å². The molecule has 0 atom stereocenters. The van der Waals surface area contributed by atoms with Crippen LogP contribution in [0.1, 0.15) is 23.0 Å². The van der Waals surface area contributed by atoms with Crippen LogP contribution in [0, 0.1) is 6.92 Å². The number of rotatable bonds is 1. The number of hydrogen-bond acceptors (Lipinski definition) is 2. The first kappa shape index (κ1) is 9.07. The lowest BCUT2D eigenvalue weighted by molar-refractivity contribution is 0.0989. The zero-order valence-corrected chi connectivity index (χ0v) is 8.13. The first-order valence-electron chi connectivity index (χ1n) is 4.39. The monoisotopic (exact) mass is 184 g/mol. The molecule has 3 heteroatoms. The third-order valence-electron chi connectivity index (χ3n) is 2.36. The Morgan fingerprint density at radius 3 is 2.79 bits per heavy atom. The van der Waals surface area contributed by atoms with Crippen molar-refractivity contribution in [2.24, 2.45) is 0 Å². The van der Waals surface area contributed by atoms with E-state index in [0.717, 1.165) is 10.9 Å². The lowest BCUT2D eigenvalue weighted by Crippen LogP contribution is -2.05. The summed E-state index contributed by atoms with van der Waals surface area (Å²) in [7, 11) is 5.74. The van der Waals surface area contributed by atoms with Crippen LogP contribution in [0.25, 0.3) is 11.0 Å². The summed E-state index contributed by atoms with van der Waals surface area (Å²) in [4.78, 5) is 11.1. The fourth-order valence-corrected chi connectivity index (χ4v) is 1.44. The number of furan rings is 1. The first-order valence-corrected chi connectivity index (χ1v) is 4.39. The normalized spacial score (nSPS) is 10.7. The molecule has 0 aliphatic rings. The minimum absolute atomic E-state index is 0.0702. The molecule has 2 rings (SSSR count). The molecule has 0 unspecified atom stereocenters. The second-order valence-corrected chi connectivity index (χ2v) is 3.36. The summed E-state index contributed by atoms with van der Waals surface area (Å²) in [6.07, 6.45) is 0. The Kier molecular flexibility index (Phi) is 1.95. The number of fused-ring (bicyclic) bond motifs is 1. The van der Waals surface area contributed by atoms with Crippen molar-refractivity contribution in [3.63, 3.8) is 0 Å². The first-order chi connectivity index (χ1) is 6.59. The van der Waals surface area contributed by atoms with Crippen molar-refractivity contribution in [2.75, 3.05) is 0 Å². The van der Waals surface area contributed by atoms with Gasteiger partial charge in [-0.05, 0) is 24.6 Å². The molecule has 0 saturated carbocycles. The number of hydrogen-bond donors (Lipinski definition) is 0. The quantitative estimate of drug-likeness (QED) is 0.499. The molecule has 1 heterocycles. The summed E-state index contributed by atoms with van der Waals surface area (Å²) in [6.45, 7) is 3.40.